The van der Waals surface area contributed by atoms with E-state index >= 15 is 0 Å². The van der Waals surface area contributed by atoms with Gasteiger partial charge in [-0.2, -0.15) is 5.26 Å². The summed E-state index contributed by atoms with van der Waals surface area (Å²) in [6.45, 7) is 4.73. The lowest BCUT2D eigenvalue weighted by molar-refractivity contribution is 0.115. The molecule has 0 aliphatic heterocycles. The van der Waals surface area contributed by atoms with Crippen LogP contribution in [-0.4, -0.2) is 28.4 Å². The van der Waals surface area contributed by atoms with Gasteiger partial charge in [-0.1, -0.05) is 0 Å². The van der Waals surface area contributed by atoms with Crippen molar-refractivity contribution in [1.29, 1.82) is 5.26 Å². The third-order valence-corrected chi connectivity index (χ3v) is 2.14. The van der Waals surface area contributed by atoms with Crippen LogP contribution in [0.5, 0.6) is 0 Å². The van der Waals surface area contributed by atoms with Crippen LogP contribution in [0.25, 0.3) is 0 Å². The Bertz CT molecular complexity index is 162. The maximum atomic E-state index is 11.1. The van der Waals surface area contributed by atoms with Gasteiger partial charge in [0.15, 0.2) is 0 Å². The molecule has 0 atom stereocenters. The van der Waals surface area contributed by atoms with Gasteiger partial charge in [-0.05, 0) is 19.5 Å². The van der Waals surface area contributed by atoms with Crippen LogP contribution in [0.4, 0.5) is 0 Å². The lowest BCUT2D eigenvalue weighted by atomic mass is 10.5. The summed E-state index contributed by atoms with van der Waals surface area (Å²) in [5.74, 6) is 0. The molecule has 0 aliphatic rings. The fourth-order valence-corrected chi connectivity index (χ4v) is 1.33. The highest BCUT2D eigenvalue weighted by Gasteiger charge is 2.20. The summed E-state index contributed by atoms with van der Waals surface area (Å²) in [7, 11) is -2.59. The largest absolute Gasteiger partial charge is 0.393 e. The molecule has 75 valence electrons. The second-order valence-electron chi connectivity index (χ2n) is 3.12. The number of hydrogen-bond acceptors (Lipinski definition) is 3. The van der Waals surface area contributed by atoms with E-state index in [0.29, 0.717) is 26.2 Å². The van der Waals surface area contributed by atoms with Crippen LogP contribution >= 0.6 is 0 Å². The van der Waals surface area contributed by atoms with E-state index in [4.69, 9.17) is 14.4 Å². The van der Waals surface area contributed by atoms with E-state index in [-0.39, 0.29) is 0 Å². The lowest BCUT2D eigenvalue weighted by Gasteiger charge is -2.12. The van der Waals surface area contributed by atoms with Crippen molar-refractivity contribution in [2.24, 2.45) is 0 Å². The first-order valence-corrected chi connectivity index (χ1v) is 7.17. The van der Waals surface area contributed by atoms with Gasteiger partial charge in [-0.15, -0.1) is 0 Å². The molecule has 0 aromatic rings. The Kier molecular flexibility index (Phi) is 6.81. The molecule has 0 unspecified atom stereocenters. The first kappa shape index (κ1) is 12.6. The Morgan fingerprint density at radius 3 is 2.54 bits per heavy atom. The molecule has 0 bridgehead atoms. The van der Waals surface area contributed by atoms with Crippen molar-refractivity contribution in [3.05, 3.63) is 0 Å². The van der Waals surface area contributed by atoms with E-state index < -0.39 is 8.56 Å². The molecule has 0 N–H and O–H groups in total. The molecule has 13 heavy (non-hydrogen) atoms. The Morgan fingerprint density at radius 1 is 1.31 bits per heavy atom. The fourth-order valence-electron chi connectivity index (χ4n) is 0.699. The number of ether oxygens (including phenoxy) is 1. The lowest BCUT2D eigenvalue weighted by Crippen LogP contribution is -2.28. The molecular weight excluding hydrogens is 186 g/mol. The normalized spacial score (nSPS) is 11.2. The Hall–Kier alpha value is -0.413. The molecule has 0 rings (SSSR count). The van der Waals surface area contributed by atoms with E-state index in [2.05, 4.69) is 0 Å². The Labute approximate surface area is 80.3 Å². The molecule has 0 aromatic heterocycles. The molecule has 0 aromatic carbocycles. The van der Waals surface area contributed by atoms with Crippen LogP contribution < -0.4 is 0 Å². The van der Waals surface area contributed by atoms with Crippen molar-refractivity contribution in [1.82, 2.24) is 0 Å². The van der Waals surface area contributed by atoms with Crippen molar-refractivity contribution >= 4 is 8.56 Å². The van der Waals surface area contributed by atoms with E-state index in [1.165, 1.54) is 0 Å². The summed E-state index contributed by atoms with van der Waals surface area (Å²) >= 11 is 0. The summed E-state index contributed by atoms with van der Waals surface area (Å²) in [5, 5.41) is 8.19. The minimum Gasteiger partial charge on any atom is -0.393 e. The monoisotopic (exact) mass is 202 g/mol. The molecule has 0 amide bonds. The highest BCUT2D eigenvalue weighted by Crippen LogP contribution is 1.99. The van der Waals surface area contributed by atoms with Gasteiger partial charge < -0.3 is 9.16 Å². The minimum absolute atomic E-state index is 0.419. The second kappa shape index (κ2) is 7.03. The van der Waals surface area contributed by atoms with Gasteiger partial charge >= 0.3 is 8.56 Å². The Balaban J connectivity index is 3.05. The van der Waals surface area contributed by atoms with Gasteiger partial charge in [-0.3, -0.25) is 4.80 Å². The van der Waals surface area contributed by atoms with Crippen molar-refractivity contribution in [3.63, 3.8) is 0 Å². The van der Waals surface area contributed by atoms with Crippen LogP contribution in [0.15, 0.2) is 0 Å². The highest BCUT2D eigenvalue weighted by molar-refractivity contribution is 6.62. The minimum atomic E-state index is -2.59. The summed E-state index contributed by atoms with van der Waals surface area (Å²) in [4.78, 5) is 11.1. The molecule has 4 nitrogen and oxygen atoms in total. The molecule has 0 spiro atoms. The van der Waals surface area contributed by atoms with Gasteiger partial charge in [0.25, 0.3) is 0 Å². The van der Waals surface area contributed by atoms with Gasteiger partial charge in [0.2, 0.25) is 0 Å². The number of nitrogens with zero attached hydrogens (tertiary/aromatic N) is 1. The van der Waals surface area contributed by atoms with Crippen molar-refractivity contribution in [2.45, 2.75) is 25.9 Å². The third-order valence-electron chi connectivity index (χ3n) is 1.24. The molecule has 0 heterocycles. The van der Waals surface area contributed by atoms with Crippen LogP contribution in [0, 0.1) is 11.3 Å². The number of nitriles is 1. The van der Waals surface area contributed by atoms with E-state index in [1.807, 2.05) is 6.07 Å². The molecule has 0 saturated heterocycles. The predicted octanol–water partition coefficient (Wildman–Crippen LogP) is 1.46. The quantitative estimate of drug-likeness (QED) is 0.464. The standard InChI is InChI=1S/C8H16NO3Si/c1-13(2,10)12-8-4-7-11-6-3-5-9/h3-4,6-8H2,1-2H3. The highest BCUT2D eigenvalue weighted by atomic mass is 28.4. The summed E-state index contributed by atoms with van der Waals surface area (Å²) in [6, 6.07) is 1.98. The summed E-state index contributed by atoms with van der Waals surface area (Å²) in [6.07, 6.45) is 1.15. The van der Waals surface area contributed by atoms with Gasteiger partial charge in [-0.25, -0.2) is 0 Å². The molecule has 1 radical (unpaired) electrons. The van der Waals surface area contributed by atoms with Crippen LogP contribution in [0.3, 0.4) is 0 Å². The second-order valence-corrected chi connectivity index (χ2v) is 6.21. The summed E-state index contributed by atoms with van der Waals surface area (Å²) in [5.41, 5.74) is 0. The maximum absolute atomic E-state index is 11.1. The fraction of sp³-hybridized carbons (Fsp3) is 0.875. The number of rotatable bonds is 7. The van der Waals surface area contributed by atoms with Crippen LogP contribution in [0.1, 0.15) is 12.8 Å². The molecule has 5 heteroatoms. The first-order valence-electron chi connectivity index (χ1n) is 4.35. The first-order chi connectivity index (χ1) is 6.06. The molecule has 0 saturated carbocycles. The van der Waals surface area contributed by atoms with Gasteiger partial charge in [0.05, 0.1) is 19.1 Å². The SMILES string of the molecule is C[Si](C)([O])OCCCOCCC#N. The zero-order chi connectivity index (χ0) is 10.2. The topological polar surface area (TPSA) is 62.1 Å². The number of hydrogen-bond donors (Lipinski definition) is 0. The van der Waals surface area contributed by atoms with E-state index in [1.54, 1.807) is 13.1 Å². The molecular formula is C8H16NO3Si. The van der Waals surface area contributed by atoms with Crippen LogP contribution in [-0.2, 0) is 14.0 Å². The van der Waals surface area contributed by atoms with Crippen LogP contribution in [0.2, 0.25) is 13.1 Å². The van der Waals surface area contributed by atoms with Gasteiger partial charge in [0, 0.05) is 13.2 Å². The molecule has 0 aliphatic carbocycles. The van der Waals surface area contributed by atoms with Crippen molar-refractivity contribution in [2.75, 3.05) is 19.8 Å². The summed E-state index contributed by atoms with van der Waals surface area (Å²) < 4.78 is 10.2. The molecule has 0 fully saturated rings. The van der Waals surface area contributed by atoms with E-state index in [9.17, 15) is 4.80 Å². The zero-order valence-electron chi connectivity index (χ0n) is 8.21. The smallest absolute Gasteiger partial charge is 0.367 e. The average molecular weight is 202 g/mol. The predicted molar refractivity (Wildman–Crippen MR) is 49.8 cm³/mol. The Morgan fingerprint density at radius 2 is 2.00 bits per heavy atom. The third kappa shape index (κ3) is 11.6. The zero-order valence-corrected chi connectivity index (χ0v) is 9.21. The maximum Gasteiger partial charge on any atom is 0.367 e. The van der Waals surface area contributed by atoms with Crippen molar-refractivity contribution in [3.8, 4) is 6.07 Å². The van der Waals surface area contributed by atoms with Crippen molar-refractivity contribution < 1.29 is 14.0 Å². The van der Waals surface area contributed by atoms with E-state index in [0.717, 1.165) is 6.42 Å². The van der Waals surface area contributed by atoms with Gasteiger partial charge in [0.1, 0.15) is 0 Å². The average Bonchev–Trinajstić information content (AvgIpc) is 2.01.